The van der Waals surface area contributed by atoms with Gasteiger partial charge >= 0.3 is 0 Å². The minimum Gasteiger partial charge on any atom is -0.390 e. The average molecular weight is 354 g/mol. The Morgan fingerprint density at radius 1 is 1.19 bits per heavy atom. The van der Waals surface area contributed by atoms with Crippen molar-refractivity contribution in [3.63, 3.8) is 0 Å². The first kappa shape index (κ1) is 16.8. The molecule has 2 unspecified atom stereocenters. The number of hydrogen-bond donors (Lipinski definition) is 1. The van der Waals surface area contributed by atoms with Crippen molar-refractivity contribution in [1.82, 2.24) is 4.90 Å². The molecular weight excluding hydrogens is 322 g/mol. The zero-order valence-corrected chi connectivity index (χ0v) is 15.9. The highest BCUT2D eigenvalue weighted by Crippen LogP contribution is 2.48. The maximum Gasteiger partial charge on any atom is 0.226 e. The van der Waals surface area contributed by atoms with E-state index >= 15 is 0 Å². The Hall–Kier alpha value is -1.35. The van der Waals surface area contributed by atoms with Gasteiger partial charge in [0.05, 0.1) is 5.60 Å². The van der Waals surface area contributed by atoms with Crippen LogP contribution >= 0.6 is 0 Å². The zero-order chi connectivity index (χ0) is 17.9. The van der Waals surface area contributed by atoms with Gasteiger partial charge in [0.2, 0.25) is 5.91 Å². The molecule has 3 fully saturated rings. The number of rotatable bonds is 2. The molecule has 26 heavy (non-hydrogen) atoms. The summed E-state index contributed by atoms with van der Waals surface area (Å²) in [7, 11) is 0. The first-order valence-electron chi connectivity index (χ1n) is 10.6. The van der Waals surface area contributed by atoms with Gasteiger partial charge in [0.1, 0.15) is 0 Å². The number of carbonyl (C=O) groups is 1. The first-order chi connectivity index (χ1) is 12.5. The SMILES string of the molecule is C[C@H](C1CC2CCC[C@@](O)(C2)C1)N1C[C@H]2Cc3ccccc3C[C@H]2C1=O. The summed E-state index contributed by atoms with van der Waals surface area (Å²) in [6, 6.07) is 8.92. The summed E-state index contributed by atoms with van der Waals surface area (Å²) in [5.41, 5.74) is 2.36. The molecule has 3 nitrogen and oxygen atoms in total. The topological polar surface area (TPSA) is 40.5 Å². The average Bonchev–Trinajstić information content (AvgIpc) is 2.94. The Labute approximate surface area is 156 Å². The van der Waals surface area contributed by atoms with Crippen molar-refractivity contribution in [2.45, 2.75) is 69.9 Å². The summed E-state index contributed by atoms with van der Waals surface area (Å²) >= 11 is 0. The second-order valence-electron chi connectivity index (χ2n) is 9.66. The molecule has 2 bridgehead atoms. The van der Waals surface area contributed by atoms with E-state index in [-0.39, 0.29) is 12.0 Å². The molecule has 1 aromatic rings. The monoisotopic (exact) mass is 353 g/mol. The van der Waals surface area contributed by atoms with Gasteiger partial charge < -0.3 is 10.0 Å². The second kappa shape index (κ2) is 6.09. The molecule has 2 saturated carbocycles. The van der Waals surface area contributed by atoms with Gasteiger partial charge in [0, 0.05) is 18.5 Å². The third-order valence-electron chi connectivity index (χ3n) is 8.02. The van der Waals surface area contributed by atoms with Gasteiger partial charge in [-0.25, -0.2) is 0 Å². The van der Waals surface area contributed by atoms with Crippen molar-refractivity contribution in [3.05, 3.63) is 35.4 Å². The van der Waals surface area contributed by atoms with Gasteiger partial charge in [-0.15, -0.1) is 0 Å². The molecule has 1 amide bonds. The molecule has 140 valence electrons. The number of hydrogen-bond acceptors (Lipinski definition) is 2. The Balaban J connectivity index is 1.33. The molecule has 1 N–H and O–H groups in total. The molecular formula is C23H31NO2. The fraction of sp³-hybridized carbons (Fsp3) is 0.696. The summed E-state index contributed by atoms with van der Waals surface area (Å²) in [6.45, 7) is 3.16. The van der Waals surface area contributed by atoms with Crippen LogP contribution in [0.2, 0.25) is 0 Å². The maximum atomic E-state index is 13.2. The lowest BCUT2D eigenvalue weighted by Gasteiger charge is -2.48. The van der Waals surface area contributed by atoms with E-state index in [0.29, 0.717) is 23.7 Å². The highest BCUT2D eigenvalue weighted by molar-refractivity contribution is 5.82. The summed E-state index contributed by atoms with van der Waals surface area (Å²) in [6.07, 6.45) is 8.44. The smallest absolute Gasteiger partial charge is 0.226 e. The lowest BCUT2D eigenvalue weighted by molar-refractivity contribution is -0.136. The minimum atomic E-state index is -0.453. The largest absolute Gasteiger partial charge is 0.390 e. The third-order valence-corrected chi connectivity index (χ3v) is 8.02. The molecule has 0 radical (unpaired) electrons. The van der Waals surface area contributed by atoms with Crippen molar-refractivity contribution >= 4 is 5.91 Å². The number of amides is 1. The molecule has 1 aromatic carbocycles. The molecule has 0 spiro atoms. The second-order valence-corrected chi connectivity index (χ2v) is 9.66. The van der Waals surface area contributed by atoms with Crippen molar-refractivity contribution in [1.29, 1.82) is 0 Å². The van der Waals surface area contributed by atoms with Crippen molar-refractivity contribution < 1.29 is 9.90 Å². The van der Waals surface area contributed by atoms with Crippen LogP contribution in [0.4, 0.5) is 0 Å². The number of fused-ring (bicyclic) bond motifs is 4. The molecule has 1 saturated heterocycles. The van der Waals surface area contributed by atoms with Crippen LogP contribution in [0.3, 0.4) is 0 Å². The van der Waals surface area contributed by atoms with Crippen LogP contribution in [0.1, 0.15) is 56.6 Å². The van der Waals surface area contributed by atoms with Crippen LogP contribution < -0.4 is 0 Å². The number of benzene rings is 1. The molecule has 1 aliphatic heterocycles. The Kier molecular flexibility index (Phi) is 3.93. The standard InChI is InChI=1S/C23H31NO2/c1-15(19-9-16-5-4-8-23(26,12-16)13-19)24-14-20-10-17-6-2-3-7-18(17)11-21(20)22(24)25/h2-3,6-7,15-16,19-21,26H,4-5,8-14H2,1H3/t15-,16?,19?,20-,21-,23-/m1/s1. The van der Waals surface area contributed by atoms with E-state index in [1.165, 1.54) is 30.4 Å². The number of nitrogens with zero attached hydrogens (tertiary/aromatic N) is 1. The van der Waals surface area contributed by atoms with Crippen LogP contribution in [0, 0.1) is 23.7 Å². The first-order valence-corrected chi connectivity index (χ1v) is 10.6. The summed E-state index contributed by atoms with van der Waals surface area (Å²) in [5, 5.41) is 11.0. The predicted molar refractivity (Wildman–Crippen MR) is 102 cm³/mol. The number of aliphatic hydroxyl groups is 1. The fourth-order valence-electron chi connectivity index (χ4n) is 6.66. The fourth-order valence-corrected chi connectivity index (χ4v) is 6.66. The lowest BCUT2D eigenvalue weighted by Crippen LogP contribution is -2.49. The van der Waals surface area contributed by atoms with Gasteiger partial charge in [-0.3, -0.25) is 4.79 Å². The summed E-state index contributed by atoms with van der Waals surface area (Å²) in [4.78, 5) is 15.4. The van der Waals surface area contributed by atoms with Gasteiger partial charge in [-0.05, 0) is 74.3 Å². The van der Waals surface area contributed by atoms with Gasteiger partial charge in [-0.1, -0.05) is 37.1 Å². The molecule has 6 atom stereocenters. The molecule has 3 aliphatic carbocycles. The highest BCUT2D eigenvalue weighted by Gasteiger charge is 2.49. The van der Waals surface area contributed by atoms with E-state index in [4.69, 9.17) is 0 Å². The zero-order valence-electron chi connectivity index (χ0n) is 15.9. The Morgan fingerprint density at radius 2 is 1.96 bits per heavy atom. The lowest BCUT2D eigenvalue weighted by atomic mass is 9.64. The van der Waals surface area contributed by atoms with E-state index < -0.39 is 5.60 Å². The predicted octanol–water partition coefficient (Wildman–Crippen LogP) is 3.58. The van der Waals surface area contributed by atoms with E-state index in [1.807, 2.05) is 0 Å². The molecule has 0 aromatic heterocycles. The Morgan fingerprint density at radius 3 is 2.73 bits per heavy atom. The normalized spacial score (nSPS) is 40.1. The quantitative estimate of drug-likeness (QED) is 0.883. The van der Waals surface area contributed by atoms with E-state index in [9.17, 15) is 9.90 Å². The van der Waals surface area contributed by atoms with Gasteiger partial charge in [0.15, 0.2) is 0 Å². The van der Waals surface area contributed by atoms with Gasteiger partial charge in [-0.2, -0.15) is 0 Å². The summed E-state index contributed by atoms with van der Waals surface area (Å²) < 4.78 is 0. The number of likely N-dealkylation sites (tertiary alicyclic amines) is 1. The maximum absolute atomic E-state index is 13.2. The van der Waals surface area contributed by atoms with Crippen LogP contribution in [0.15, 0.2) is 24.3 Å². The number of carbonyl (C=O) groups excluding carboxylic acids is 1. The molecule has 5 rings (SSSR count). The van der Waals surface area contributed by atoms with Crippen LogP contribution in [0.5, 0.6) is 0 Å². The molecule has 4 aliphatic rings. The highest BCUT2D eigenvalue weighted by atomic mass is 16.3. The van der Waals surface area contributed by atoms with Crippen molar-refractivity contribution in [2.24, 2.45) is 23.7 Å². The minimum absolute atomic E-state index is 0.179. The van der Waals surface area contributed by atoms with Crippen LogP contribution in [-0.2, 0) is 17.6 Å². The molecule has 3 heteroatoms. The summed E-state index contributed by atoms with van der Waals surface area (Å²) in [5.74, 6) is 2.16. The third kappa shape index (κ3) is 2.70. The van der Waals surface area contributed by atoms with Crippen LogP contribution in [0.25, 0.3) is 0 Å². The van der Waals surface area contributed by atoms with E-state index in [0.717, 1.165) is 38.6 Å². The Bertz CT molecular complexity index is 716. The van der Waals surface area contributed by atoms with Crippen molar-refractivity contribution in [3.8, 4) is 0 Å². The van der Waals surface area contributed by atoms with Crippen molar-refractivity contribution in [2.75, 3.05) is 6.54 Å². The van der Waals surface area contributed by atoms with Crippen LogP contribution in [-0.4, -0.2) is 34.1 Å². The molecule has 1 heterocycles. The van der Waals surface area contributed by atoms with E-state index in [1.54, 1.807) is 0 Å². The van der Waals surface area contributed by atoms with E-state index in [2.05, 4.69) is 36.1 Å². The van der Waals surface area contributed by atoms with Gasteiger partial charge in [0.25, 0.3) is 0 Å².